The normalized spacial score (nSPS) is 21.3. The van der Waals surface area contributed by atoms with E-state index in [1.54, 1.807) is 24.3 Å². The molecule has 0 bridgehead atoms. The van der Waals surface area contributed by atoms with Crippen molar-refractivity contribution in [3.63, 3.8) is 0 Å². The molecule has 1 fully saturated rings. The molecule has 1 amide bonds. The minimum Gasteiger partial charge on any atom is -0.351 e. The zero-order valence-electron chi connectivity index (χ0n) is 18.4. The van der Waals surface area contributed by atoms with Crippen molar-refractivity contribution in [3.8, 4) is 23.0 Å². The van der Waals surface area contributed by atoms with Crippen molar-refractivity contribution in [1.29, 1.82) is 0 Å². The summed E-state index contributed by atoms with van der Waals surface area (Å²) < 4.78 is 66.6. The minimum atomic E-state index is -4.41. The zero-order chi connectivity index (χ0) is 25.7. The third-order valence-corrected chi connectivity index (χ3v) is 9.76. The summed E-state index contributed by atoms with van der Waals surface area (Å²) in [6.07, 6.45) is -4.41. The summed E-state index contributed by atoms with van der Waals surface area (Å²) in [6, 6.07) is 13.9. The number of rotatable bonds is 6. The number of nitrogens with zero attached hydrogens (tertiary/aromatic N) is 1. The molecule has 11 heteroatoms. The highest BCUT2D eigenvalue weighted by atomic mass is 35.5. The van der Waals surface area contributed by atoms with Crippen LogP contribution in [0.2, 0.25) is 4.34 Å². The SMILES string of the molecule is O=C(NCc1cccc(-c2ccc(C(F)(F)F)cc2)c1)C1C2C#CC2CN1S(=O)(=O)c1ccc(Cl)s1. The van der Waals surface area contributed by atoms with Crippen LogP contribution in [0.15, 0.2) is 64.9 Å². The van der Waals surface area contributed by atoms with Gasteiger partial charge in [-0.2, -0.15) is 17.5 Å². The molecule has 1 aliphatic heterocycles. The molecule has 186 valence electrons. The van der Waals surface area contributed by atoms with Gasteiger partial charge in [-0.05, 0) is 47.0 Å². The highest BCUT2D eigenvalue weighted by Gasteiger charge is 2.52. The molecule has 2 aromatic carbocycles. The van der Waals surface area contributed by atoms with E-state index in [4.69, 9.17) is 11.6 Å². The largest absolute Gasteiger partial charge is 0.416 e. The van der Waals surface area contributed by atoms with Crippen molar-refractivity contribution in [2.75, 3.05) is 6.54 Å². The zero-order valence-corrected chi connectivity index (χ0v) is 20.8. The second kappa shape index (κ2) is 9.23. The summed E-state index contributed by atoms with van der Waals surface area (Å²) in [5.41, 5.74) is 1.29. The number of alkyl halides is 3. The number of carbonyl (C=O) groups is 1. The molecule has 1 aromatic heterocycles. The standard InChI is InChI=1S/C25H18ClF3N2O3S2/c26-21-10-11-22(35-21)36(33,34)31-14-18-6-9-20(18)23(31)24(32)30-13-15-2-1-3-17(12-15)16-4-7-19(8-5-16)25(27,28)29/h1-5,7-8,10-12,18,20,23H,13-14H2,(H,30,32). The molecule has 5 rings (SSSR count). The molecule has 1 saturated heterocycles. The molecule has 2 aliphatic rings. The van der Waals surface area contributed by atoms with Gasteiger partial charge in [-0.15, -0.1) is 11.3 Å². The molecule has 3 unspecified atom stereocenters. The van der Waals surface area contributed by atoms with Gasteiger partial charge >= 0.3 is 6.18 Å². The maximum atomic E-state index is 13.2. The fourth-order valence-corrected chi connectivity index (χ4v) is 7.59. The number of carbonyl (C=O) groups excluding carboxylic acids is 1. The molecule has 5 nitrogen and oxygen atoms in total. The molecule has 36 heavy (non-hydrogen) atoms. The first kappa shape index (κ1) is 24.8. The Morgan fingerprint density at radius 3 is 2.44 bits per heavy atom. The molecule has 1 N–H and O–H groups in total. The molecule has 0 spiro atoms. The van der Waals surface area contributed by atoms with Crippen LogP contribution in [0, 0.1) is 23.7 Å². The van der Waals surface area contributed by atoms with Crippen molar-refractivity contribution in [3.05, 3.63) is 76.1 Å². The van der Waals surface area contributed by atoms with E-state index in [-0.39, 0.29) is 29.1 Å². The predicted molar refractivity (Wildman–Crippen MR) is 130 cm³/mol. The van der Waals surface area contributed by atoms with E-state index in [0.29, 0.717) is 15.5 Å². The average Bonchev–Trinajstić information content (AvgIpc) is 3.38. The van der Waals surface area contributed by atoms with Crippen LogP contribution < -0.4 is 5.32 Å². The Morgan fingerprint density at radius 2 is 1.83 bits per heavy atom. The summed E-state index contributed by atoms with van der Waals surface area (Å²) in [6.45, 7) is 0.254. The van der Waals surface area contributed by atoms with Crippen molar-refractivity contribution >= 4 is 38.9 Å². The fourth-order valence-electron chi connectivity index (χ4n) is 4.34. The van der Waals surface area contributed by atoms with Crippen LogP contribution in [-0.4, -0.2) is 31.2 Å². The van der Waals surface area contributed by atoms with Crippen LogP contribution in [0.4, 0.5) is 13.2 Å². The van der Waals surface area contributed by atoms with Gasteiger partial charge in [-0.3, -0.25) is 4.79 Å². The number of halogens is 4. The predicted octanol–water partition coefficient (Wildman–Crippen LogP) is 5.03. The van der Waals surface area contributed by atoms with Crippen LogP contribution in [0.1, 0.15) is 11.1 Å². The van der Waals surface area contributed by atoms with Gasteiger partial charge < -0.3 is 5.32 Å². The number of thiophene rings is 1. The van der Waals surface area contributed by atoms with Gasteiger partial charge in [0, 0.05) is 19.0 Å². The molecule has 2 heterocycles. The van der Waals surface area contributed by atoms with Crippen molar-refractivity contribution in [2.45, 2.75) is 23.0 Å². The highest BCUT2D eigenvalue weighted by Crippen LogP contribution is 2.39. The molecule has 3 aromatic rings. The lowest BCUT2D eigenvalue weighted by Gasteiger charge is -2.25. The number of fused-ring (bicyclic) bond motifs is 1. The Kier molecular flexibility index (Phi) is 6.37. The van der Waals surface area contributed by atoms with Gasteiger partial charge in [0.25, 0.3) is 10.0 Å². The molecule has 0 radical (unpaired) electrons. The summed E-state index contributed by atoms with van der Waals surface area (Å²) >= 11 is 6.86. The summed E-state index contributed by atoms with van der Waals surface area (Å²) in [5, 5.41) is 2.81. The van der Waals surface area contributed by atoms with E-state index in [2.05, 4.69) is 17.2 Å². The highest BCUT2D eigenvalue weighted by molar-refractivity contribution is 7.91. The average molecular weight is 551 g/mol. The third-order valence-electron chi connectivity index (χ3n) is 6.22. The molecule has 1 aliphatic carbocycles. The van der Waals surface area contributed by atoms with Crippen LogP contribution in [-0.2, 0) is 27.5 Å². The lowest BCUT2D eigenvalue weighted by molar-refractivity contribution is -0.137. The Morgan fingerprint density at radius 1 is 1.08 bits per heavy atom. The number of nitrogens with one attached hydrogen (secondary N) is 1. The quantitative estimate of drug-likeness (QED) is 0.438. The Hall–Kier alpha value is -2.84. The maximum absolute atomic E-state index is 13.2. The van der Waals surface area contributed by atoms with Gasteiger partial charge in [0.15, 0.2) is 0 Å². The van der Waals surface area contributed by atoms with E-state index < -0.39 is 33.7 Å². The van der Waals surface area contributed by atoms with Crippen molar-refractivity contribution in [2.24, 2.45) is 11.8 Å². The fraction of sp³-hybridized carbons (Fsp3) is 0.240. The van der Waals surface area contributed by atoms with Crippen LogP contribution in [0.25, 0.3) is 11.1 Å². The first-order chi connectivity index (χ1) is 17.0. The number of amides is 1. The van der Waals surface area contributed by atoms with Crippen LogP contribution >= 0.6 is 22.9 Å². The van der Waals surface area contributed by atoms with E-state index in [0.717, 1.165) is 29.0 Å². The monoisotopic (exact) mass is 550 g/mol. The topological polar surface area (TPSA) is 66.5 Å². The van der Waals surface area contributed by atoms with E-state index in [1.807, 2.05) is 0 Å². The summed E-state index contributed by atoms with van der Waals surface area (Å²) in [5.74, 6) is 4.82. The smallest absolute Gasteiger partial charge is 0.351 e. The Bertz CT molecular complexity index is 1490. The number of hydrogen-bond donors (Lipinski definition) is 1. The molecular formula is C25H18ClF3N2O3S2. The van der Waals surface area contributed by atoms with E-state index in [1.165, 1.54) is 28.6 Å². The minimum absolute atomic E-state index is 0.0656. The first-order valence-corrected chi connectivity index (χ1v) is 13.5. The van der Waals surface area contributed by atoms with Crippen LogP contribution in [0.5, 0.6) is 0 Å². The number of hydrogen-bond acceptors (Lipinski definition) is 4. The summed E-state index contributed by atoms with van der Waals surface area (Å²) in [4.78, 5) is 13.2. The lowest BCUT2D eigenvalue weighted by Crippen LogP contribution is -2.48. The van der Waals surface area contributed by atoms with Crippen LogP contribution in [0.3, 0.4) is 0 Å². The van der Waals surface area contributed by atoms with E-state index in [9.17, 15) is 26.4 Å². The lowest BCUT2D eigenvalue weighted by atomic mass is 9.84. The van der Waals surface area contributed by atoms with Gasteiger partial charge in [0.1, 0.15) is 10.3 Å². The molecular weight excluding hydrogens is 533 g/mol. The number of sulfonamides is 1. The van der Waals surface area contributed by atoms with Crippen molar-refractivity contribution < 1.29 is 26.4 Å². The second-order valence-electron chi connectivity index (χ2n) is 8.49. The Balaban J connectivity index is 1.31. The van der Waals surface area contributed by atoms with Gasteiger partial charge in [0.05, 0.1) is 15.8 Å². The summed E-state index contributed by atoms with van der Waals surface area (Å²) in [7, 11) is -3.93. The number of benzene rings is 2. The molecule has 0 saturated carbocycles. The maximum Gasteiger partial charge on any atom is 0.416 e. The third kappa shape index (κ3) is 4.64. The van der Waals surface area contributed by atoms with E-state index >= 15 is 0 Å². The van der Waals surface area contributed by atoms with Gasteiger partial charge in [-0.25, -0.2) is 8.42 Å². The Labute approximate surface area is 214 Å². The molecule has 3 atom stereocenters. The van der Waals surface area contributed by atoms with Gasteiger partial charge in [-0.1, -0.05) is 53.8 Å². The first-order valence-electron chi connectivity index (χ1n) is 10.9. The van der Waals surface area contributed by atoms with Gasteiger partial charge in [0.2, 0.25) is 5.91 Å². The second-order valence-corrected chi connectivity index (χ2v) is 12.3. The van der Waals surface area contributed by atoms with Crippen molar-refractivity contribution in [1.82, 2.24) is 9.62 Å².